The Labute approximate surface area is 179 Å². The van der Waals surface area contributed by atoms with Crippen LogP contribution in [0.15, 0.2) is 24.3 Å². The molecule has 30 heavy (non-hydrogen) atoms. The molecule has 1 saturated heterocycles. The molecule has 0 bridgehead atoms. The van der Waals surface area contributed by atoms with Crippen LogP contribution in [-0.2, 0) is 16.0 Å². The molecule has 7 heteroatoms. The van der Waals surface area contributed by atoms with Gasteiger partial charge in [0, 0.05) is 19.6 Å². The zero-order valence-electron chi connectivity index (χ0n) is 18.0. The van der Waals surface area contributed by atoms with Crippen molar-refractivity contribution in [2.24, 2.45) is 11.1 Å². The number of fused-ring (bicyclic) bond motifs is 1. The Morgan fingerprint density at radius 3 is 2.63 bits per heavy atom. The molecule has 2 aliphatic heterocycles. The van der Waals surface area contributed by atoms with E-state index in [1.54, 1.807) is 4.90 Å². The quantitative estimate of drug-likeness (QED) is 0.778. The Morgan fingerprint density at radius 1 is 1.20 bits per heavy atom. The van der Waals surface area contributed by atoms with Gasteiger partial charge < -0.3 is 25.4 Å². The highest BCUT2D eigenvalue weighted by molar-refractivity contribution is 5.84. The number of hydrogen-bond acceptors (Lipinski definition) is 5. The van der Waals surface area contributed by atoms with Crippen molar-refractivity contribution in [3.63, 3.8) is 0 Å². The van der Waals surface area contributed by atoms with Crippen LogP contribution in [0.1, 0.15) is 44.6 Å². The van der Waals surface area contributed by atoms with Crippen molar-refractivity contribution in [3.05, 3.63) is 29.8 Å². The zero-order chi connectivity index (χ0) is 21.6. The number of carbonyl (C=O) groups is 2. The van der Waals surface area contributed by atoms with Crippen molar-refractivity contribution in [3.8, 4) is 5.75 Å². The summed E-state index contributed by atoms with van der Waals surface area (Å²) in [6.07, 6.45) is 5.02. The van der Waals surface area contributed by atoms with Crippen molar-refractivity contribution in [2.75, 3.05) is 39.4 Å². The lowest BCUT2D eigenvalue weighted by Crippen LogP contribution is -2.54. The van der Waals surface area contributed by atoms with Gasteiger partial charge in [0.15, 0.2) is 0 Å². The lowest BCUT2D eigenvalue weighted by Gasteiger charge is -2.43. The Balaban J connectivity index is 1.74. The first-order chi connectivity index (χ1) is 14.5. The fraction of sp³-hybridized carbons (Fsp3) is 0.652. The van der Waals surface area contributed by atoms with Gasteiger partial charge in [-0.3, -0.25) is 9.59 Å². The van der Waals surface area contributed by atoms with E-state index in [2.05, 4.69) is 6.07 Å². The molecule has 3 rings (SSSR count). The topological polar surface area (TPSA) is 96.1 Å². The molecular weight excluding hydrogens is 382 g/mol. The summed E-state index contributed by atoms with van der Waals surface area (Å²) in [6.45, 7) is 4.34. The number of carbonyl (C=O) groups excluding carboxylic acids is 2. The number of aryl methyl sites for hydroxylation is 1. The number of rotatable bonds is 3. The Kier molecular flexibility index (Phi) is 7.72. The van der Waals surface area contributed by atoms with Crippen LogP contribution in [0.25, 0.3) is 0 Å². The molecule has 2 aliphatic rings. The number of nitrogens with zero attached hydrogens (tertiary/aromatic N) is 2. The molecule has 0 radical (unpaired) electrons. The SMILES string of the molecule is CCN1CCOc2ccccc2CCCCC2(CCN(C(=O)[C@H](N)CO)CC2)C1=O. The number of piperidine rings is 1. The minimum Gasteiger partial charge on any atom is -0.491 e. The monoisotopic (exact) mass is 417 g/mol. The highest BCUT2D eigenvalue weighted by atomic mass is 16.5. The second kappa shape index (κ2) is 10.3. The summed E-state index contributed by atoms with van der Waals surface area (Å²) >= 11 is 0. The van der Waals surface area contributed by atoms with Gasteiger partial charge in [-0.25, -0.2) is 0 Å². The van der Waals surface area contributed by atoms with E-state index >= 15 is 0 Å². The summed E-state index contributed by atoms with van der Waals surface area (Å²) in [5, 5.41) is 9.19. The van der Waals surface area contributed by atoms with E-state index in [4.69, 9.17) is 10.5 Å². The average molecular weight is 418 g/mol. The first kappa shape index (κ1) is 22.6. The average Bonchev–Trinajstić information content (AvgIpc) is 2.78. The largest absolute Gasteiger partial charge is 0.491 e. The van der Waals surface area contributed by atoms with Gasteiger partial charge in [-0.05, 0) is 50.7 Å². The van der Waals surface area contributed by atoms with Crippen LogP contribution in [0.3, 0.4) is 0 Å². The summed E-state index contributed by atoms with van der Waals surface area (Å²) < 4.78 is 6.02. The highest BCUT2D eigenvalue weighted by Gasteiger charge is 2.44. The van der Waals surface area contributed by atoms with Gasteiger partial charge in [0.2, 0.25) is 11.8 Å². The zero-order valence-corrected chi connectivity index (χ0v) is 18.0. The fourth-order valence-electron chi connectivity index (χ4n) is 4.67. The summed E-state index contributed by atoms with van der Waals surface area (Å²) in [5.41, 5.74) is 6.50. The molecule has 0 aliphatic carbocycles. The molecule has 1 aromatic carbocycles. The predicted molar refractivity (Wildman–Crippen MR) is 115 cm³/mol. The second-order valence-electron chi connectivity index (χ2n) is 8.44. The number of amides is 2. The highest BCUT2D eigenvalue weighted by Crippen LogP contribution is 2.39. The molecule has 166 valence electrons. The van der Waals surface area contributed by atoms with E-state index in [1.807, 2.05) is 30.0 Å². The second-order valence-corrected chi connectivity index (χ2v) is 8.44. The van der Waals surface area contributed by atoms with Crippen LogP contribution < -0.4 is 10.5 Å². The third kappa shape index (κ3) is 4.95. The molecular formula is C23H35N3O4. The number of para-hydroxylation sites is 1. The maximum atomic E-state index is 13.6. The van der Waals surface area contributed by atoms with Crippen LogP contribution in [-0.4, -0.2) is 72.2 Å². The number of benzene rings is 1. The van der Waals surface area contributed by atoms with Crippen LogP contribution in [0, 0.1) is 5.41 Å². The first-order valence-electron chi connectivity index (χ1n) is 11.2. The number of hydrogen-bond donors (Lipinski definition) is 2. The van der Waals surface area contributed by atoms with Gasteiger partial charge in [0.05, 0.1) is 18.6 Å². The van der Waals surface area contributed by atoms with Gasteiger partial charge in [0.1, 0.15) is 18.4 Å². The van der Waals surface area contributed by atoms with E-state index in [0.29, 0.717) is 45.6 Å². The first-order valence-corrected chi connectivity index (χ1v) is 11.2. The van der Waals surface area contributed by atoms with E-state index in [9.17, 15) is 14.7 Å². The molecule has 1 spiro atoms. The molecule has 0 aromatic heterocycles. The lowest BCUT2D eigenvalue weighted by atomic mass is 9.73. The summed E-state index contributed by atoms with van der Waals surface area (Å²) in [4.78, 5) is 29.5. The molecule has 2 amide bonds. The summed E-state index contributed by atoms with van der Waals surface area (Å²) in [6, 6.07) is 7.27. The normalized spacial score (nSPS) is 21.2. The maximum absolute atomic E-state index is 13.6. The predicted octanol–water partition coefficient (Wildman–Crippen LogP) is 1.57. The molecule has 7 nitrogen and oxygen atoms in total. The molecule has 1 fully saturated rings. The van der Waals surface area contributed by atoms with Crippen molar-refractivity contribution in [1.29, 1.82) is 0 Å². The molecule has 1 atom stereocenters. The van der Waals surface area contributed by atoms with E-state index < -0.39 is 11.5 Å². The number of nitrogens with two attached hydrogens (primary N) is 1. The van der Waals surface area contributed by atoms with Gasteiger partial charge in [0.25, 0.3) is 0 Å². The number of ether oxygens (including phenoxy) is 1. The summed E-state index contributed by atoms with van der Waals surface area (Å²) in [5.74, 6) is 0.870. The standard InChI is InChI=1S/C23H35N3O4/c1-2-25-15-16-30-20-9-4-3-7-18(20)8-5-6-10-23(22(25)29)11-13-26(14-12-23)21(28)19(24)17-27/h3-4,7,9,19,27H,2,5-6,8,10-17,24H2,1H3/t19-/m1/s1. The van der Waals surface area contributed by atoms with Gasteiger partial charge in [-0.15, -0.1) is 0 Å². The molecule has 3 N–H and O–H groups in total. The van der Waals surface area contributed by atoms with Gasteiger partial charge in [-0.1, -0.05) is 24.6 Å². The summed E-state index contributed by atoms with van der Waals surface area (Å²) in [7, 11) is 0. The van der Waals surface area contributed by atoms with Crippen molar-refractivity contribution < 1.29 is 19.4 Å². The third-order valence-electron chi connectivity index (χ3n) is 6.61. The number of aliphatic hydroxyl groups is 1. The number of likely N-dealkylation sites (N-methyl/N-ethyl adjacent to an activating group) is 1. The van der Waals surface area contributed by atoms with E-state index in [0.717, 1.165) is 31.4 Å². The molecule has 2 heterocycles. The molecule has 1 aromatic rings. The van der Waals surface area contributed by atoms with Crippen LogP contribution >= 0.6 is 0 Å². The van der Waals surface area contributed by atoms with Crippen LogP contribution in [0.5, 0.6) is 5.75 Å². The van der Waals surface area contributed by atoms with Crippen molar-refractivity contribution in [1.82, 2.24) is 9.80 Å². The molecule has 0 unspecified atom stereocenters. The smallest absolute Gasteiger partial charge is 0.241 e. The molecule has 0 saturated carbocycles. The van der Waals surface area contributed by atoms with Crippen LogP contribution in [0.4, 0.5) is 0 Å². The van der Waals surface area contributed by atoms with Crippen molar-refractivity contribution in [2.45, 2.75) is 51.5 Å². The third-order valence-corrected chi connectivity index (χ3v) is 6.61. The van der Waals surface area contributed by atoms with Gasteiger partial charge in [-0.2, -0.15) is 0 Å². The lowest BCUT2D eigenvalue weighted by molar-refractivity contribution is -0.149. The minimum atomic E-state index is -0.879. The Hall–Kier alpha value is -2.12. The Morgan fingerprint density at radius 2 is 1.93 bits per heavy atom. The van der Waals surface area contributed by atoms with E-state index in [-0.39, 0.29) is 18.4 Å². The minimum absolute atomic E-state index is 0.181. The van der Waals surface area contributed by atoms with Gasteiger partial charge >= 0.3 is 0 Å². The Bertz CT molecular complexity index is 731. The number of aliphatic hydroxyl groups excluding tert-OH is 1. The van der Waals surface area contributed by atoms with E-state index in [1.165, 1.54) is 5.56 Å². The number of likely N-dealkylation sites (tertiary alicyclic amines) is 1. The van der Waals surface area contributed by atoms with Crippen molar-refractivity contribution >= 4 is 11.8 Å². The maximum Gasteiger partial charge on any atom is 0.241 e. The van der Waals surface area contributed by atoms with Crippen LogP contribution in [0.2, 0.25) is 0 Å². The fourth-order valence-corrected chi connectivity index (χ4v) is 4.67.